The zero-order valence-electron chi connectivity index (χ0n) is 12.7. The van der Waals surface area contributed by atoms with Crippen LogP contribution < -0.4 is 10.1 Å². The highest BCUT2D eigenvalue weighted by Crippen LogP contribution is 2.20. The highest BCUT2D eigenvalue weighted by atomic mass is 32.1. The van der Waals surface area contributed by atoms with E-state index in [0.717, 1.165) is 33.6 Å². The fraction of sp³-hybridized carbons (Fsp3) is 0.467. The van der Waals surface area contributed by atoms with Gasteiger partial charge in [0, 0.05) is 32.1 Å². The Kier molecular flexibility index (Phi) is 6.10. The summed E-state index contributed by atoms with van der Waals surface area (Å²) in [5.74, 6) is 0.816. The van der Waals surface area contributed by atoms with Crippen LogP contribution in [0.4, 0.5) is 0 Å². The predicted molar refractivity (Wildman–Crippen MR) is 83.7 cm³/mol. The summed E-state index contributed by atoms with van der Waals surface area (Å²) in [4.78, 5) is 9.90. The molecule has 114 valence electrons. The second kappa shape index (κ2) is 8.07. The van der Waals surface area contributed by atoms with E-state index >= 15 is 0 Å². The van der Waals surface area contributed by atoms with Crippen molar-refractivity contribution < 1.29 is 9.47 Å². The minimum Gasteiger partial charge on any atom is -0.486 e. The van der Waals surface area contributed by atoms with Crippen molar-refractivity contribution in [1.29, 1.82) is 0 Å². The van der Waals surface area contributed by atoms with Crippen LogP contribution in [0, 0.1) is 13.8 Å². The molecule has 0 amide bonds. The van der Waals surface area contributed by atoms with E-state index in [-0.39, 0.29) is 0 Å². The van der Waals surface area contributed by atoms with Crippen LogP contribution in [0.2, 0.25) is 0 Å². The molecule has 1 N–H and O–H groups in total. The Morgan fingerprint density at radius 3 is 2.86 bits per heavy atom. The highest BCUT2D eigenvalue weighted by Gasteiger charge is 2.07. The first-order valence-corrected chi connectivity index (χ1v) is 7.71. The summed E-state index contributed by atoms with van der Waals surface area (Å²) in [7, 11) is 1.69. The minimum absolute atomic E-state index is 0.529. The number of pyridine rings is 1. The fourth-order valence-electron chi connectivity index (χ4n) is 1.86. The van der Waals surface area contributed by atoms with E-state index in [9.17, 15) is 0 Å². The van der Waals surface area contributed by atoms with Crippen molar-refractivity contribution in [2.45, 2.75) is 27.0 Å². The molecule has 2 aromatic rings. The van der Waals surface area contributed by atoms with Gasteiger partial charge in [0.25, 0.3) is 0 Å². The molecule has 0 aromatic carbocycles. The molecule has 0 spiro atoms. The van der Waals surface area contributed by atoms with Crippen LogP contribution in [0.15, 0.2) is 18.3 Å². The maximum atomic E-state index is 5.89. The van der Waals surface area contributed by atoms with Crippen molar-refractivity contribution in [2.24, 2.45) is 0 Å². The molecular weight excluding hydrogens is 286 g/mol. The molecule has 0 aliphatic heterocycles. The number of nitrogens with one attached hydrogen (secondary N) is 1. The van der Waals surface area contributed by atoms with Gasteiger partial charge in [-0.15, -0.1) is 11.3 Å². The zero-order valence-corrected chi connectivity index (χ0v) is 13.5. The molecule has 0 bridgehead atoms. The van der Waals surface area contributed by atoms with Crippen molar-refractivity contribution in [3.63, 3.8) is 0 Å². The molecule has 0 saturated carbocycles. The third-order valence-corrected chi connectivity index (χ3v) is 3.77. The van der Waals surface area contributed by atoms with Crippen LogP contribution in [0.3, 0.4) is 0 Å². The Bertz CT molecular complexity index is 572. The lowest BCUT2D eigenvalue weighted by molar-refractivity contribution is 0.198. The van der Waals surface area contributed by atoms with Crippen LogP contribution in [-0.2, 0) is 17.9 Å². The van der Waals surface area contributed by atoms with Gasteiger partial charge in [-0.3, -0.25) is 4.98 Å². The van der Waals surface area contributed by atoms with Gasteiger partial charge >= 0.3 is 0 Å². The van der Waals surface area contributed by atoms with Crippen LogP contribution in [-0.4, -0.2) is 30.2 Å². The third kappa shape index (κ3) is 5.08. The lowest BCUT2D eigenvalue weighted by Crippen LogP contribution is -2.20. The van der Waals surface area contributed by atoms with Crippen LogP contribution in [0.1, 0.15) is 21.3 Å². The maximum absolute atomic E-state index is 5.89. The average Bonchev–Trinajstić information content (AvgIpc) is 2.88. The van der Waals surface area contributed by atoms with Crippen molar-refractivity contribution in [2.75, 3.05) is 20.3 Å². The summed E-state index contributed by atoms with van der Waals surface area (Å²) < 4.78 is 10.9. The number of rotatable bonds is 8. The maximum Gasteiger partial charge on any atom is 0.142 e. The highest BCUT2D eigenvalue weighted by molar-refractivity contribution is 7.11. The molecule has 0 aliphatic rings. The van der Waals surface area contributed by atoms with Crippen molar-refractivity contribution in [3.8, 4) is 5.75 Å². The van der Waals surface area contributed by atoms with E-state index < -0.39 is 0 Å². The molecular formula is C15H21N3O2S. The molecule has 2 aromatic heterocycles. The molecule has 0 radical (unpaired) electrons. The molecule has 5 nitrogen and oxygen atoms in total. The number of methoxy groups -OCH3 is 1. The second-order valence-electron chi connectivity index (χ2n) is 4.70. The number of aryl methyl sites for hydroxylation is 2. The van der Waals surface area contributed by atoms with E-state index in [1.807, 2.05) is 32.2 Å². The van der Waals surface area contributed by atoms with Gasteiger partial charge < -0.3 is 14.8 Å². The Labute approximate surface area is 129 Å². The quantitative estimate of drug-likeness (QED) is 0.759. The van der Waals surface area contributed by atoms with Crippen molar-refractivity contribution >= 4 is 11.3 Å². The molecule has 2 rings (SSSR count). The summed E-state index contributed by atoms with van der Waals surface area (Å²) in [5.41, 5.74) is 1.91. The van der Waals surface area contributed by atoms with E-state index in [0.29, 0.717) is 19.8 Å². The van der Waals surface area contributed by atoms with E-state index in [4.69, 9.17) is 9.47 Å². The fourth-order valence-corrected chi connectivity index (χ4v) is 2.57. The standard InChI is InChI=1S/C15H21N3O2S/c1-11-4-5-15(14(18-11)9-16-6-7-19-3)20-10-13-8-17-12(2)21-13/h4-5,8,16H,6-7,9-10H2,1-3H3. The molecule has 2 heterocycles. The van der Waals surface area contributed by atoms with Crippen LogP contribution >= 0.6 is 11.3 Å². The smallest absolute Gasteiger partial charge is 0.142 e. The van der Waals surface area contributed by atoms with Gasteiger partial charge in [0.15, 0.2) is 0 Å². The monoisotopic (exact) mass is 307 g/mol. The number of ether oxygens (including phenoxy) is 2. The van der Waals surface area contributed by atoms with Gasteiger partial charge in [-0.1, -0.05) is 0 Å². The minimum atomic E-state index is 0.529. The third-order valence-electron chi connectivity index (χ3n) is 2.89. The van der Waals surface area contributed by atoms with E-state index in [2.05, 4.69) is 15.3 Å². The first-order chi connectivity index (χ1) is 10.2. The molecule has 0 fully saturated rings. The van der Waals surface area contributed by atoms with Gasteiger partial charge in [-0.05, 0) is 26.0 Å². The summed E-state index contributed by atoms with van der Waals surface area (Å²) in [6.07, 6.45) is 1.86. The molecule has 0 atom stereocenters. The average molecular weight is 307 g/mol. The van der Waals surface area contributed by atoms with Gasteiger partial charge in [0.05, 0.1) is 22.2 Å². The predicted octanol–water partition coefficient (Wildman–Crippen LogP) is 2.47. The number of hydrogen-bond acceptors (Lipinski definition) is 6. The van der Waals surface area contributed by atoms with Crippen LogP contribution in [0.25, 0.3) is 0 Å². The molecule has 6 heteroatoms. The Morgan fingerprint density at radius 1 is 1.29 bits per heavy atom. The van der Waals surface area contributed by atoms with E-state index in [1.165, 1.54) is 0 Å². The van der Waals surface area contributed by atoms with Crippen molar-refractivity contribution in [3.05, 3.63) is 39.6 Å². The molecule has 0 unspecified atom stereocenters. The normalized spacial score (nSPS) is 10.8. The Hall–Kier alpha value is -1.50. The topological polar surface area (TPSA) is 56.3 Å². The zero-order chi connectivity index (χ0) is 15.1. The van der Waals surface area contributed by atoms with E-state index in [1.54, 1.807) is 18.4 Å². The lowest BCUT2D eigenvalue weighted by atomic mass is 10.3. The lowest BCUT2D eigenvalue weighted by Gasteiger charge is -2.11. The van der Waals surface area contributed by atoms with Gasteiger partial charge in [0.2, 0.25) is 0 Å². The first-order valence-electron chi connectivity index (χ1n) is 6.89. The number of hydrogen-bond donors (Lipinski definition) is 1. The van der Waals surface area contributed by atoms with Crippen LogP contribution in [0.5, 0.6) is 5.75 Å². The number of aromatic nitrogens is 2. The SMILES string of the molecule is COCCNCc1nc(C)ccc1OCc1cnc(C)s1. The summed E-state index contributed by atoms with van der Waals surface area (Å²) in [5, 5.41) is 4.35. The summed E-state index contributed by atoms with van der Waals surface area (Å²) in [6.45, 7) is 6.65. The first kappa shape index (κ1) is 15.9. The summed E-state index contributed by atoms with van der Waals surface area (Å²) >= 11 is 1.65. The molecule has 0 aliphatic carbocycles. The Balaban J connectivity index is 1.97. The molecule has 21 heavy (non-hydrogen) atoms. The van der Waals surface area contributed by atoms with Gasteiger partial charge in [-0.2, -0.15) is 0 Å². The Morgan fingerprint density at radius 2 is 2.14 bits per heavy atom. The largest absolute Gasteiger partial charge is 0.486 e. The second-order valence-corrected chi connectivity index (χ2v) is 6.02. The van der Waals surface area contributed by atoms with Crippen molar-refractivity contribution in [1.82, 2.24) is 15.3 Å². The van der Waals surface area contributed by atoms with Gasteiger partial charge in [-0.25, -0.2) is 4.98 Å². The summed E-state index contributed by atoms with van der Waals surface area (Å²) in [6, 6.07) is 3.94. The number of nitrogens with zero attached hydrogens (tertiary/aromatic N) is 2. The van der Waals surface area contributed by atoms with Gasteiger partial charge in [0.1, 0.15) is 12.4 Å². The number of thiazole rings is 1. The molecule has 0 saturated heterocycles.